The summed E-state index contributed by atoms with van der Waals surface area (Å²) < 4.78 is 68.7. The molecule has 5 atom stereocenters. The summed E-state index contributed by atoms with van der Waals surface area (Å²) in [4.78, 5) is 73.0. The van der Waals surface area contributed by atoms with E-state index in [2.05, 4.69) is 55.4 Å². The van der Waals surface area contributed by atoms with Crippen molar-refractivity contribution in [2.75, 3.05) is 39.6 Å². The van der Waals surface area contributed by atoms with Crippen molar-refractivity contribution in [1.82, 2.24) is 0 Å². The quantitative estimate of drug-likeness (QED) is 0.0222. The summed E-state index contributed by atoms with van der Waals surface area (Å²) in [6.45, 7) is 14.2. The number of hydrogen-bond acceptors (Lipinski definition) is 15. The summed E-state index contributed by atoms with van der Waals surface area (Å²) in [5, 5.41) is 10.6. The van der Waals surface area contributed by atoms with Gasteiger partial charge in [0.25, 0.3) is 0 Å². The summed E-state index contributed by atoms with van der Waals surface area (Å²) in [5.74, 6) is 0.956. The largest absolute Gasteiger partial charge is 0.472 e. The molecule has 0 aliphatic heterocycles. The van der Waals surface area contributed by atoms with Gasteiger partial charge in [-0.05, 0) is 49.4 Å². The average molecular weight is 1450 g/mol. The molecule has 0 aliphatic carbocycles. The van der Waals surface area contributed by atoms with Gasteiger partial charge in [-0.2, -0.15) is 0 Å². The summed E-state index contributed by atoms with van der Waals surface area (Å²) >= 11 is 0. The van der Waals surface area contributed by atoms with Gasteiger partial charge in [0.05, 0.1) is 26.4 Å². The van der Waals surface area contributed by atoms with Gasteiger partial charge in [-0.15, -0.1) is 0 Å². The minimum Gasteiger partial charge on any atom is -0.462 e. The lowest BCUT2D eigenvalue weighted by atomic mass is 10.0. The second-order valence-electron chi connectivity index (χ2n) is 30.7. The monoisotopic (exact) mass is 1450 g/mol. The van der Waals surface area contributed by atoms with Crippen molar-refractivity contribution in [3.63, 3.8) is 0 Å². The van der Waals surface area contributed by atoms with Crippen molar-refractivity contribution >= 4 is 39.5 Å². The maximum absolute atomic E-state index is 13.1. The van der Waals surface area contributed by atoms with Crippen LogP contribution in [0.25, 0.3) is 0 Å². The lowest BCUT2D eigenvalue weighted by Crippen LogP contribution is -2.30. The van der Waals surface area contributed by atoms with E-state index in [0.717, 1.165) is 114 Å². The molecule has 0 aromatic rings. The van der Waals surface area contributed by atoms with Crippen molar-refractivity contribution in [3.8, 4) is 0 Å². The highest BCUT2D eigenvalue weighted by molar-refractivity contribution is 7.47. The molecule has 0 fully saturated rings. The van der Waals surface area contributed by atoms with Crippen LogP contribution >= 0.6 is 15.6 Å². The Morgan fingerprint density at radius 2 is 0.424 bits per heavy atom. The van der Waals surface area contributed by atoms with Gasteiger partial charge in [0.2, 0.25) is 0 Å². The Morgan fingerprint density at radius 1 is 0.253 bits per heavy atom. The van der Waals surface area contributed by atoms with Gasteiger partial charge >= 0.3 is 39.5 Å². The zero-order valence-electron chi connectivity index (χ0n) is 65.1. The first-order valence-corrected chi connectivity index (χ1v) is 44.2. The van der Waals surface area contributed by atoms with Gasteiger partial charge in [0.15, 0.2) is 12.2 Å². The zero-order valence-corrected chi connectivity index (χ0v) is 66.9. The Hall–Kier alpha value is -1.94. The van der Waals surface area contributed by atoms with E-state index in [-0.39, 0.29) is 25.7 Å². The molecule has 0 saturated heterocycles. The molecular formula is C80H156O17P2. The van der Waals surface area contributed by atoms with E-state index in [1.165, 1.54) is 205 Å². The summed E-state index contributed by atoms with van der Waals surface area (Å²) in [6.07, 6.45) is 55.6. The molecular weight excluding hydrogens is 1290 g/mol. The predicted octanol–water partition coefficient (Wildman–Crippen LogP) is 23.6. The first kappa shape index (κ1) is 97.1. The summed E-state index contributed by atoms with van der Waals surface area (Å²) in [5.41, 5.74) is 0. The molecule has 0 aromatic carbocycles. The standard InChI is InChI=1S/C80H156O17P2/c1-70(2)56-48-40-32-25-19-14-10-9-11-16-22-28-36-44-52-60-77(82)90-66-75(96-79(84)62-54-46-37-29-23-17-13-12-15-20-26-33-41-49-57-71(3)4)68-94-98(86,87)92-64-74(81)65-93-99(88,89)95-69-76(67-91-78(83)61-53-45-39-31-35-43-51-59-73(7)8)97-80(85)63-55-47-38-30-24-18-21-27-34-42-50-58-72(5)6/h70-76,81H,9-69H2,1-8H3,(H,86,87)(H,88,89)/t74?,75-,76-/m1/s1. The smallest absolute Gasteiger partial charge is 0.462 e. The van der Waals surface area contributed by atoms with Crippen LogP contribution in [0, 0.1) is 23.7 Å². The van der Waals surface area contributed by atoms with Crippen LogP contribution in [-0.2, 0) is 65.4 Å². The van der Waals surface area contributed by atoms with Crippen molar-refractivity contribution < 1.29 is 80.2 Å². The van der Waals surface area contributed by atoms with Gasteiger partial charge in [-0.1, -0.05) is 357 Å². The van der Waals surface area contributed by atoms with E-state index in [4.69, 9.17) is 37.0 Å². The Morgan fingerprint density at radius 3 is 0.626 bits per heavy atom. The van der Waals surface area contributed by atoms with E-state index < -0.39 is 97.5 Å². The van der Waals surface area contributed by atoms with Crippen LogP contribution in [-0.4, -0.2) is 96.7 Å². The minimum absolute atomic E-state index is 0.105. The van der Waals surface area contributed by atoms with E-state index in [1.54, 1.807) is 0 Å². The van der Waals surface area contributed by atoms with E-state index >= 15 is 0 Å². The number of ether oxygens (including phenoxy) is 4. The van der Waals surface area contributed by atoms with Crippen molar-refractivity contribution in [1.29, 1.82) is 0 Å². The normalized spacial score (nSPS) is 14.1. The van der Waals surface area contributed by atoms with E-state index in [9.17, 15) is 43.2 Å². The number of carbonyl (C=O) groups is 4. The summed E-state index contributed by atoms with van der Waals surface area (Å²) in [6, 6.07) is 0. The lowest BCUT2D eigenvalue weighted by molar-refractivity contribution is -0.161. The number of rotatable bonds is 77. The number of esters is 4. The molecule has 0 rings (SSSR count). The van der Waals surface area contributed by atoms with Gasteiger partial charge in [0, 0.05) is 25.7 Å². The molecule has 0 bridgehead atoms. The van der Waals surface area contributed by atoms with Crippen LogP contribution in [0.4, 0.5) is 0 Å². The third-order valence-corrected chi connectivity index (χ3v) is 20.5. The third kappa shape index (κ3) is 74.1. The molecule has 0 aliphatic rings. The minimum atomic E-state index is -4.96. The molecule has 0 saturated carbocycles. The van der Waals surface area contributed by atoms with Gasteiger partial charge in [-0.3, -0.25) is 37.3 Å². The van der Waals surface area contributed by atoms with E-state index in [0.29, 0.717) is 31.6 Å². The molecule has 0 heterocycles. The maximum Gasteiger partial charge on any atom is 0.472 e. The molecule has 0 spiro atoms. The molecule has 19 heteroatoms. The molecule has 17 nitrogen and oxygen atoms in total. The topological polar surface area (TPSA) is 237 Å². The highest BCUT2D eigenvalue weighted by Gasteiger charge is 2.30. The number of aliphatic hydroxyl groups is 1. The Balaban J connectivity index is 5.25. The second-order valence-corrected chi connectivity index (χ2v) is 33.6. The van der Waals surface area contributed by atoms with Crippen LogP contribution in [0.2, 0.25) is 0 Å². The molecule has 99 heavy (non-hydrogen) atoms. The maximum atomic E-state index is 13.1. The lowest BCUT2D eigenvalue weighted by Gasteiger charge is -2.21. The highest BCUT2D eigenvalue weighted by Crippen LogP contribution is 2.45. The fraction of sp³-hybridized carbons (Fsp3) is 0.950. The molecule has 3 N–H and O–H groups in total. The zero-order chi connectivity index (χ0) is 73.1. The predicted molar refractivity (Wildman–Crippen MR) is 404 cm³/mol. The fourth-order valence-corrected chi connectivity index (χ4v) is 13.8. The molecule has 588 valence electrons. The van der Waals surface area contributed by atoms with Crippen LogP contribution in [0.3, 0.4) is 0 Å². The first-order valence-electron chi connectivity index (χ1n) is 41.2. The summed E-state index contributed by atoms with van der Waals surface area (Å²) in [7, 11) is -9.92. The Labute approximate surface area is 607 Å². The Kier molecular flexibility index (Phi) is 67.8. The van der Waals surface area contributed by atoms with Crippen LogP contribution in [0.1, 0.15) is 409 Å². The molecule has 0 radical (unpaired) electrons. The number of hydrogen-bond donors (Lipinski definition) is 3. The second kappa shape index (κ2) is 69.1. The first-order chi connectivity index (χ1) is 47.6. The van der Waals surface area contributed by atoms with Gasteiger partial charge in [-0.25, -0.2) is 9.13 Å². The van der Waals surface area contributed by atoms with Crippen LogP contribution in [0.15, 0.2) is 0 Å². The average Bonchev–Trinajstić information content (AvgIpc) is 0.971. The van der Waals surface area contributed by atoms with Gasteiger partial charge in [0.1, 0.15) is 19.3 Å². The highest BCUT2D eigenvalue weighted by atomic mass is 31.2. The van der Waals surface area contributed by atoms with Gasteiger partial charge < -0.3 is 33.8 Å². The van der Waals surface area contributed by atoms with E-state index in [1.807, 2.05) is 0 Å². The van der Waals surface area contributed by atoms with Crippen LogP contribution in [0.5, 0.6) is 0 Å². The molecule has 0 aromatic heterocycles. The van der Waals surface area contributed by atoms with Crippen molar-refractivity contribution in [3.05, 3.63) is 0 Å². The van der Waals surface area contributed by atoms with Crippen molar-refractivity contribution in [2.24, 2.45) is 23.7 Å². The Bertz CT molecular complexity index is 1940. The number of carbonyl (C=O) groups excluding carboxylic acids is 4. The number of phosphoric ester groups is 2. The molecule has 3 unspecified atom stereocenters. The SMILES string of the molecule is CC(C)CCCCCCCCCCCCCCCCCC(=O)OC[C@H](COP(=O)(O)OCC(O)COP(=O)(O)OC[C@@H](COC(=O)CCCCCCCCCC(C)C)OC(=O)CCCCCCCCCCCCCC(C)C)OC(=O)CCCCCCCCCCCCCCCCC(C)C. The number of aliphatic hydroxyl groups excluding tert-OH is 1. The van der Waals surface area contributed by atoms with Crippen LogP contribution < -0.4 is 0 Å². The number of unbranched alkanes of at least 4 members (excludes halogenated alkanes) is 43. The number of phosphoric acid groups is 2. The van der Waals surface area contributed by atoms with Crippen molar-refractivity contribution in [2.45, 2.75) is 427 Å². The molecule has 0 amide bonds. The third-order valence-electron chi connectivity index (χ3n) is 18.6. The fourth-order valence-electron chi connectivity index (χ4n) is 12.3.